The largest absolute Gasteiger partial charge is 0.474 e. The predicted molar refractivity (Wildman–Crippen MR) is 114 cm³/mol. The highest BCUT2D eigenvalue weighted by Crippen LogP contribution is 2.31. The molecule has 0 bridgehead atoms. The number of piperidine rings is 1. The summed E-state index contributed by atoms with van der Waals surface area (Å²) >= 11 is 0. The van der Waals surface area contributed by atoms with Crippen molar-refractivity contribution >= 4 is 11.7 Å². The van der Waals surface area contributed by atoms with Gasteiger partial charge in [0.05, 0.1) is 5.56 Å². The monoisotopic (exact) mass is 448 g/mol. The van der Waals surface area contributed by atoms with Gasteiger partial charge < -0.3 is 20.3 Å². The molecule has 1 aliphatic carbocycles. The van der Waals surface area contributed by atoms with Gasteiger partial charge in [0.1, 0.15) is 6.10 Å². The summed E-state index contributed by atoms with van der Waals surface area (Å²) in [5.74, 6) is 1.48. The zero-order chi connectivity index (χ0) is 22.6. The van der Waals surface area contributed by atoms with Crippen LogP contribution in [0.1, 0.15) is 36.8 Å². The minimum Gasteiger partial charge on any atom is -0.474 e. The van der Waals surface area contributed by atoms with Gasteiger partial charge in [0.25, 0.3) is 0 Å². The van der Waals surface area contributed by atoms with Gasteiger partial charge >= 0.3 is 12.2 Å². The van der Waals surface area contributed by atoms with Crippen LogP contribution in [0.2, 0.25) is 0 Å². The van der Waals surface area contributed by atoms with Crippen LogP contribution in [0.5, 0.6) is 5.88 Å². The first-order chi connectivity index (χ1) is 15.3. The number of halogens is 3. The molecular formula is C23H27F3N4O2. The molecule has 1 saturated heterocycles. The molecule has 2 aliphatic rings. The molecule has 2 heterocycles. The summed E-state index contributed by atoms with van der Waals surface area (Å²) in [5, 5.41) is 5.17. The van der Waals surface area contributed by atoms with Crippen LogP contribution in [0.25, 0.3) is 0 Å². The molecule has 6 nitrogen and oxygen atoms in total. The first-order valence-electron chi connectivity index (χ1n) is 10.9. The van der Waals surface area contributed by atoms with Gasteiger partial charge in [-0.15, -0.1) is 0 Å². The van der Waals surface area contributed by atoms with E-state index in [0.29, 0.717) is 5.88 Å². The lowest BCUT2D eigenvalue weighted by Gasteiger charge is -2.31. The zero-order valence-electron chi connectivity index (χ0n) is 17.7. The second kappa shape index (κ2) is 9.77. The number of anilines is 1. The van der Waals surface area contributed by atoms with Crippen molar-refractivity contribution in [3.63, 3.8) is 0 Å². The van der Waals surface area contributed by atoms with Gasteiger partial charge in [0.2, 0.25) is 5.88 Å². The number of carbonyl (C=O) groups excluding carboxylic acids is 1. The third-order valence-corrected chi connectivity index (χ3v) is 5.76. The van der Waals surface area contributed by atoms with E-state index in [4.69, 9.17) is 4.74 Å². The molecule has 4 rings (SSSR count). The van der Waals surface area contributed by atoms with Gasteiger partial charge in [-0.1, -0.05) is 6.07 Å². The van der Waals surface area contributed by atoms with Gasteiger partial charge in [-0.2, -0.15) is 13.2 Å². The van der Waals surface area contributed by atoms with Crippen LogP contribution in [0, 0.1) is 5.92 Å². The van der Waals surface area contributed by atoms with E-state index in [1.807, 2.05) is 6.07 Å². The van der Waals surface area contributed by atoms with Crippen LogP contribution >= 0.6 is 0 Å². The summed E-state index contributed by atoms with van der Waals surface area (Å²) in [7, 11) is 0. The second-order valence-electron chi connectivity index (χ2n) is 8.45. The fourth-order valence-corrected chi connectivity index (χ4v) is 3.73. The van der Waals surface area contributed by atoms with E-state index in [9.17, 15) is 18.0 Å². The number of pyridine rings is 1. The van der Waals surface area contributed by atoms with Crippen LogP contribution in [0.15, 0.2) is 42.6 Å². The minimum absolute atomic E-state index is 0.177. The lowest BCUT2D eigenvalue weighted by molar-refractivity contribution is -0.137. The molecule has 9 heteroatoms. The van der Waals surface area contributed by atoms with Crippen LogP contribution in [0.4, 0.5) is 23.7 Å². The maximum Gasteiger partial charge on any atom is 0.416 e. The summed E-state index contributed by atoms with van der Waals surface area (Å²) < 4.78 is 43.8. The van der Waals surface area contributed by atoms with Gasteiger partial charge in [0, 0.05) is 44.1 Å². The maximum atomic E-state index is 12.6. The Balaban J connectivity index is 1.18. The highest BCUT2D eigenvalue weighted by molar-refractivity contribution is 5.89. The molecule has 1 aromatic heterocycles. The third-order valence-electron chi connectivity index (χ3n) is 5.76. The van der Waals surface area contributed by atoms with Crippen molar-refractivity contribution in [2.75, 3.05) is 25.0 Å². The summed E-state index contributed by atoms with van der Waals surface area (Å²) in [6.45, 7) is 3.59. The van der Waals surface area contributed by atoms with Crippen LogP contribution in [-0.2, 0) is 12.7 Å². The Morgan fingerprint density at radius 3 is 2.38 bits per heavy atom. The van der Waals surface area contributed by atoms with E-state index in [1.54, 1.807) is 12.3 Å². The number of likely N-dealkylation sites (tertiary alicyclic amines) is 1. The molecule has 2 amide bonds. The molecule has 0 radical (unpaired) electrons. The van der Waals surface area contributed by atoms with E-state index in [-0.39, 0.29) is 18.3 Å². The first kappa shape index (κ1) is 22.4. The molecular weight excluding hydrogens is 421 g/mol. The minimum atomic E-state index is -4.41. The number of ether oxygens (including phenoxy) is 1. The zero-order valence-corrected chi connectivity index (χ0v) is 17.7. The number of aromatic nitrogens is 1. The lowest BCUT2D eigenvalue weighted by atomic mass is 10.1. The average Bonchev–Trinajstić information content (AvgIpc) is 3.58. The molecule has 0 unspecified atom stereocenters. The summed E-state index contributed by atoms with van der Waals surface area (Å²) in [6, 6.07) is 7.40. The highest BCUT2D eigenvalue weighted by atomic mass is 19.4. The number of rotatable bonds is 7. The van der Waals surface area contributed by atoms with Crippen molar-refractivity contribution in [2.24, 2.45) is 5.92 Å². The van der Waals surface area contributed by atoms with E-state index < -0.39 is 17.8 Å². The third kappa shape index (κ3) is 6.59. The molecule has 1 saturated carbocycles. The fourth-order valence-electron chi connectivity index (χ4n) is 3.73. The number of amides is 2. The van der Waals surface area contributed by atoms with E-state index in [2.05, 4.69) is 20.5 Å². The fraction of sp³-hybridized carbons (Fsp3) is 0.478. The van der Waals surface area contributed by atoms with Crippen LogP contribution in [-0.4, -0.2) is 41.7 Å². The Morgan fingerprint density at radius 2 is 1.78 bits per heavy atom. The summed E-state index contributed by atoms with van der Waals surface area (Å²) in [5.41, 5.74) is 0.306. The van der Waals surface area contributed by atoms with E-state index in [1.165, 1.54) is 31.5 Å². The van der Waals surface area contributed by atoms with Crippen LogP contribution in [0.3, 0.4) is 0 Å². The Bertz CT molecular complexity index is 891. The number of benzene rings is 1. The second-order valence-corrected chi connectivity index (χ2v) is 8.45. The molecule has 172 valence electrons. The Morgan fingerprint density at radius 1 is 1.06 bits per heavy atom. The molecule has 0 atom stereocenters. The van der Waals surface area contributed by atoms with Crippen molar-refractivity contribution in [3.8, 4) is 5.88 Å². The normalized spacial score (nSPS) is 17.7. The molecule has 2 N–H and O–H groups in total. The molecule has 1 aromatic carbocycles. The topological polar surface area (TPSA) is 66.5 Å². The number of hydrogen-bond donors (Lipinski definition) is 2. The quantitative estimate of drug-likeness (QED) is 0.646. The number of carbonyl (C=O) groups is 1. The first-order valence-corrected chi connectivity index (χ1v) is 10.9. The Kier molecular flexibility index (Phi) is 6.83. The molecule has 2 fully saturated rings. The van der Waals surface area contributed by atoms with Crippen molar-refractivity contribution in [3.05, 3.63) is 53.7 Å². The molecule has 32 heavy (non-hydrogen) atoms. The maximum absolute atomic E-state index is 12.6. The van der Waals surface area contributed by atoms with Crippen LogP contribution < -0.4 is 15.4 Å². The number of hydrogen-bond acceptors (Lipinski definition) is 4. The van der Waals surface area contributed by atoms with Gasteiger partial charge in [-0.3, -0.25) is 0 Å². The van der Waals surface area contributed by atoms with Gasteiger partial charge in [0.15, 0.2) is 0 Å². The Labute approximate surface area is 185 Å². The van der Waals surface area contributed by atoms with Crippen molar-refractivity contribution in [2.45, 2.75) is 44.5 Å². The molecule has 1 aliphatic heterocycles. The van der Waals surface area contributed by atoms with E-state index in [0.717, 1.165) is 49.5 Å². The number of urea groups is 1. The summed E-state index contributed by atoms with van der Waals surface area (Å²) in [6.07, 6.45) is 2.17. The standard InChI is InChI=1S/C23H27F3N4O2/c24-23(25,26)18-4-6-19(7-5-18)29-22(31)28-14-17-3-8-21(27-13-17)32-20-9-11-30(12-10-20)15-16-1-2-16/h3-8,13,16,20H,1-2,9-12,14-15H2,(H2,28,29,31). The predicted octanol–water partition coefficient (Wildman–Crippen LogP) is 4.68. The molecule has 0 spiro atoms. The van der Waals surface area contributed by atoms with E-state index >= 15 is 0 Å². The highest BCUT2D eigenvalue weighted by Gasteiger charge is 2.30. The number of alkyl halides is 3. The van der Waals surface area contributed by atoms with Crippen molar-refractivity contribution in [1.29, 1.82) is 0 Å². The average molecular weight is 448 g/mol. The SMILES string of the molecule is O=C(NCc1ccc(OC2CCN(CC3CC3)CC2)nc1)Nc1ccc(C(F)(F)F)cc1. The smallest absolute Gasteiger partial charge is 0.416 e. The summed E-state index contributed by atoms with van der Waals surface area (Å²) in [4.78, 5) is 18.9. The molecule has 2 aromatic rings. The van der Waals surface area contributed by atoms with Gasteiger partial charge in [-0.25, -0.2) is 9.78 Å². The van der Waals surface area contributed by atoms with Crippen molar-refractivity contribution < 1.29 is 22.7 Å². The lowest BCUT2D eigenvalue weighted by Crippen LogP contribution is -2.39. The Hall–Kier alpha value is -2.81. The van der Waals surface area contributed by atoms with Crippen molar-refractivity contribution in [1.82, 2.24) is 15.2 Å². The number of nitrogens with zero attached hydrogens (tertiary/aromatic N) is 2. The van der Waals surface area contributed by atoms with Gasteiger partial charge in [-0.05, 0) is 61.4 Å². The number of nitrogens with one attached hydrogen (secondary N) is 2.